The minimum atomic E-state index is -0.448. The molecule has 3 heterocycles. The number of carbonyl (C=O) groups is 1. The molecule has 0 bridgehead atoms. The topological polar surface area (TPSA) is 101 Å². The number of amides is 1. The highest BCUT2D eigenvalue weighted by molar-refractivity contribution is 5.97. The van der Waals surface area contributed by atoms with Crippen molar-refractivity contribution in [3.63, 3.8) is 0 Å². The molecule has 0 saturated carbocycles. The predicted molar refractivity (Wildman–Crippen MR) is 105 cm³/mol. The minimum absolute atomic E-state index is 0.448. The minimum Gasteiger partial charge on any atom is -0.365 e. The van der Waals surface area contributed by atoms with Crippen LogP contribution in [-0.4, -0.2) is 58.7 Å². The number of anilines is 1. The van der Waals surface area contributed by atoms with Gasteiger partial charge >= 0.3 is 0 Å². The second-order valence-electron chi connectivity index (χ2n) is 6.70. The van der Waals surface area contributed by atoms with Crippen LogP contribution in [0.2, 0.25) is 0 Å². The van der Waals surface area contributed by atoms with Gasteiger partial charge in [0.15, 0.2) is 0 Å². The molecule has 1 aromatic carbocycles. The highest BCUT2D eigenvalue weighted by Gasteiger charge is 2.22. The van der Waals surface area contributed by atoms with E-state index in [0.717, 1.165) is 38.3 Å². The predicted octanol–water partition coefficient (Wildman–Crippen LogP) is 1.60. The molecule has 1 aliphatic rings. The number of nitrogens with two attached hydrogens (primary N) is 1. The Morgan fingerprint density at radius 3 is 2.61 bits per heavy atom. The monoisotopic (exact) mass is 378 g/mol. The molecule has 1 amide bonds. The molecule has 8 nitrogen and oxygen atoms in total. The van der Waals surface area contributed by atoms with E-state index in [2.05, 4.69) is 24.9 Å². The van der Waals surface area contributed by atoms with Crippen molar-refractivity contribution >= 4 is 11.7 Å². The summed E-state index contributed by atoms with van der Waals surface area (Å²) in [7, 11) is 0. The van der Waals surface area contributed by atoms with Gasteiger partial charge in [-0.2, -0.15) is 4.98 Å². The van der Waals surface area contributed by atoms with E-state index in [9.17, 15) is 4.79 Å². The number of benzene rings is 1. The fraction of sp³-hybridized carbons (Fsp3) is 0.300. The Morgan fingerprint density at radius 1 is 1.07 bits per heavy atom. The molecule has 1 fully saturated rings. The molecule has 0 unspecified atom stereocenters. The molecule has 2 aromatic heterocycles. The van der Waals surface area contributed by atoms with Crippen LogP contribution >= 0.6 is 0 Å². The van der Waals surface area contributed by atoms with E-state index in [-0.39, 0.29) is 0 Å². The molecule has 0 atom stereocenters. The van der Waals surface area contributed by atoms with Crippen LogP contribution in [0.15, 0.2) is 53.2 Å². The summed E-state index contributed by atoms with van der Waals surface area (Å²) in [6, 6.07) is 13.2. The maximum Gasteiger partial charge on any atom is 0.252 e. The van der Waals surface area contributed by atoms with Crippen molar-refractivity contribution in [2.24, 2.45) is 5.73 Å². The Morgan fingerprint density at radius 2 is 1.86 bits per heavy atom. The summed E-state index contributed by atoms with van der Waals surface area (Å²) in [6.45, 7) is 4.16. The number of primary amides is 1. The van der Waals surface area contributed by atoms with E-state index >= 15 is 0 Å². The zero-order valence-electron chi connectivity index (χ0n) is 15.5. The van der Waals surface area contributed by atoms with Crippen LogP contribution in [0.3, 0.4) is 0 Å². The SMILES string of the molecule is NC(=O)c1cccnc1N1CCN(CCc2nc(-c3ccccc3)no2)CC1. The Hall–Kier alpha value is -3.26. The van der Waals surface area contributed by atoms with Crippen molar-refractivity contribution in [1.29, 1.82) is 0 Å². The Kier molecular flexibility index (Phi) is 5.29. The van der Waals surface area contributed by atoms with Gasteiger partial charge in [-0.05, 0) is 12.1 Å². The number of nitrogens with zero attached hydrogens (tertiary/aromatic N) is 5. The van der Waals surface area contributed by atoms with Gasteiger partial charge in [-0.1, -0.05) is 35.5 Å². The molecule has 0 spiro atoms. The van der Waals surface area contributed by atoms with Crippen LogP contribution in [0.4, 0.5) is 5.82 Å². The molecule has 1 aliphatic heterocycles. The third-order valence-electron chi connectivity index (χ3n) is 4.87. The highest BCUT2D eigenvalue weighted by Crippen LogP contribution is 2.19. The third kappa shape index (κ3) is 4.01. The lowest BCUT2D eigenvalue weighted by atomic mass is 10.2. The van der Waals surface area contributed by atoms with Gasteiger partial charge in [0.25, 0.3) is 5.91 Å². The van der Waals surface area contributed by atoms with E-state index in [1.807, 2.05) is 30.3 Å². The lowest BCUT2D eigenvalue weighted by molar-refractivity contribution is 0.1000. The normalized spacial score (nSPS) is 14.9. The van der Waals surface area contributed by atoms with Gasteiger partial charge in [0, 0.05) is 50.9 Å². The Balaban J connectivity index is 1.31. The molecule has 144 valence electrons. The summed E-state index contributed by atoms with van der Waals surface area (Å²) in [4.78, 5) is 24.9. The van der Waals surface area contributed by atoms with Crippen LogP contribution < -0.4 is 10.6 Å². The van der Waals surface area contributed by atoms with Gasteiger partial charge in [0.05, 0.1) is 5.56 Å². The number of pyridine rings is 1. The lowest BCUT2D eigenvalue weighted by Gasteiger charge is -2.35. The van der Waals surface area contributed by atoms with Crippen molar-refractivity contribution in [1.82, 2.24) is 20.0 Å². The second kappa shape index (κ2) is 8.18. The molecule has 8 heteroatoms. The highest BCUT2D eigenvalue weighted by atomic mass is 16.5. The standard InChI is InChI=1S/C20H22N6O2/c21-18(27)16-7-4-9-22-20(16)26-13-11-25(12-14-26)10-8-17-23-19(24-28-17)15-5-2-1-3-6-15/h1-7,9H,8,10-14H2,(H2,21,27). The van der Waals surface area contributed by atoms with Crippen molar-refractivity contribution in [2.75, 3.05) is 37.6 Å². The average Bonchev–Trinajstić information content (AvgIpc) is 3.22. The Bertz CT molecular complexity index is 935. The molecule has 4 rings (SSSR count). The van der Waals surface area contributed by atoms with Gasteiger partial charge in [-0.3, -0.25) is 9.69 Å². The van der Waals surface area contributed by atoms with Crippen LogP contribution in [0.1, 0.15) is 16.2 Å². The lowest BCUT2D eigenvalue weighted by Crippen LogP contribution is -2.47. The van der Waals surface area contributed by atoms with Crippen molar-refractivity contribution in [3.05, 3.63) is 60.1 Å². The number of hydrogen-bond donors (Lipinski definition) is 1. The fourth-order valence-corrected chi connectivity index (χ4v) is 3.34. The summed E-state index contributed by atoms with van der Waals surface area (Å²) in [6.07, 6.45) is 2.39. The molecule has 2 N–H and O–H groups in total. The first-order chi connectivity index (χ1) is 13.7. The third-order valence-corrected chi connectivity index (χ3v) is 4.87. The molecular weight excluding hydrogens is 356 g/mol. The first-order valence-electron chi connectivity index (χ1n) is 9.31. The second-order valence-corrected chi connectivity index (χ2v) is 6.70. The molecule has 1 saturated heterocycles. The van der Waals surface area contributed by atoms with E-state index < -0.39 is 5.91 Å². The molecular formula is C20H22N6O2. The number of aromatic nitrogens is 3. The number of rotatable bonds is 6. The quantitative estimate of drug-likeness (QED) is 0.695. The van der Waals surface area contributed by atoms with Gasteiger partial charge in [-0.15, -0.1) is 0 Å². The maximum absolute atomic E-state index is 11.6. The summed E-state index contributed by atoms with van der Waals surface area (Å²) in [5.74, 6) is 1.48. The first-order valence-corrected chi connectivity index (χ1v) is 9.31. The summed E-state index contributed by atoms with van der Waals surface area (Å²) in [5, 5.41) is 4.06. The number of hydrogen-bond acceptors (Lipinski definition) is 7. The van der Waals surface area contributed by atoms with Gasteiger partial charge in [-0.25, -0.2) is 4.98 Å². The van der Waals surface area contributed by atoms with Crippen molar-refractivity contribution < 1.29 is 9.32 Å². The number of carbonyl (C=O) groups excluding carboxylic acids is 1. The largest absolute Gasteiger partial charge is 0.365 e. The van der Waals surface area contributed by atoms with Crippen molar-refractivity contribution in [2.45, 2.75) is 6.42 Å². The van der Waals surface area contributed by atoms with Crippen LogP contribution in [-0.2, 0) is 6.42 Å². The molecule has 0 radical (unpaired) electrons. The van der Waals surface area contributed by atoms with E-state index in [0.29, 0.717) is 29.5 Å². The van der Waals surface area contributed by atoms with Gasteiger partial charge in [0.2, 0.25) is 11.7 Å². The van der Waals surface area contributed by atoms with Gasteiger partial charge in [0.1, 0.15) is 5.82 Å². The Labute approximate surface area is 163 Å². The zero-order valence-corrected chi connectivity index (χ0v) is 15.5. The first kappa shape index (κ1) is 18.1. The molecule has 3 aromatic rings. The van der Waals surface area contributed by atoms with Crippen LogP contribution in [0.25, 0.3) is 11.4 Å². The summed E-state index contributed by atoms with van der Waals surface area (Å²) < 4.78 is 5.38. The zero-order chi connectivity index (χ0) is 19.3. The van der Waals surface area contributed by atoms with E-state index in [1.54, 1.807) is 18.3 Å². The maximum atomic E-state index is 11.6. The van der Waals surface area contributed by atoms with Gasteiger partial charge < -0.3 is 15.2 Å². The fourth-order valence-electron chi connectivity index (χ4n) is 3.34. The molecule has 0 aliphatic carbocycles. The average molecular weight is 378 g/mol. The van der Waals surface area contributed by atoms with E-state index in [4.69, 9.17) is 10.3 Å². The molecule has 28 heavy (non-hydrogen) atoms. The van der Waals surface area contributed by atoms with Crippen LogP contribution in [0.5, 0.6) is 0 Å². The van der Waals surface area contributed by atoms with Crippen LogP contribution in [0, 0.1) is 0 Å². The summed E-state index contributed by atoms with van der Waals surface area (Å²) >= 11 is 0. The van der Waals surface area contributed by atoms with E-state index in [1.165, 1.54) is 0 Å². The summed E-state index contributed by atoms with van der Waals surface area (Å²) in [5.41, 5.74) is 6.88. The van der Waals surface area contributed by atoms with Crippen molar-refractivity contribution in [3.8, 4) is 11.4 Å². The number of piperazine rings is 1. The smallest absolute Gasteiger partial charge is 0.252 e.